The number of hydrogen-bond donors (Lipinski definition) is 0. The van der Waals surface area contributed by atoms with Crippen LogP contribution in [0.2, 0.25) is 0 Å². The Labute approximate surface area is 338 Å². The molecule has 274 valence electrons. The van der Waals surface area contributed by atoms with Gasteiger partial charge in [0.05, 0.1) is 17.1 Å². The molecule has 1 aliphatic rings. The second-order valence-electron chi connectivity index (χ2n) is 15.3. The zero-order chi connectivity index (χ0) is 38.4. The number of nitrogens with zero attached hydrogens (tertiary/aromatic N) is 2. The summed E-state index contributed by atoms with van der Waals surface area (Å²) in [6.07, 6.45) is 7.99. The van der Waals surface area contributed by atoms with Crippen molar-refractivity contribution in [1.82, 2.24) is 4.57 Å². The summed E-state index contributed by atoms with van der Waals surface area (Å²) < 4.78 is 2.45. The molecule has 11 rings (SSSR count). The number of fused-ring (bicyclic) bond motifs is 6. The van der Waals surface area contributed by atoms with Crippen LogP contribution in [0.1, 0.15) is 12.0 Å². The van der Waals surface area contributed by atoms with E-state index in [4.69, 9.17) is 0 Å². The lowest BCUT2D eigenvalue weighted by atomic mass is 9.93. The number of allylic oxidation sites excluding steroid dienone is 2. The SMILES string of the molecule is C1=CC(N(c2cccc(-c3cccc4c3c3ccc5ccccc5c3n4-c3ccccc3)c2)c2ccc3ccccc3c2)CC=C1c1ccc(-c2ccccc2)cc1. The minimum atomic E-state index is 0.130. The minimum Gasteiger partial charge on any atom is -0.334 e. The van der Waals surface area contributed by atoms with E-state index in [-0.39, 0.29) is 6.04 Å². The van der Waals surface area contributed by atoms with Gasteiger partial charge in [0.1, 0.15) is 0 Å². The van der Waals surface area contributed by atoms with Crippen molar-refractivity contribution in [1.29, 1.82) is 0 Å². The van der Waals surface area contributed by atoms with Crippen molar-refractivity contribution < 1.29 is 0 Å². The maximum Gasteiger partial charge on any atom is 0.0619 e. The van der Waals surface area contributed by atoms with Crippen LogP contribution >= 0.6 is 0 Å². The Morgan fingerprint density at radius 3 is 1.91 bits per heavy atom. The van der Waals surface area contributed by atoms with E-state index in [2.05, 4.69) is 234 Å². The first-order valence-electron chi connectivity index (χ1n) is 20.2. The van der Waals surface area contributed by atoms with E-state index in [9.17, 15) is 0 Å². The van der Waals surface area contributed by atoms with Crippen molar-refractivity contribution in [3.05, 3.63) is 230 Å². The topological polar surface area (TPSA) is 8.17 Å². The molecule has 0 bridgehead atoms. The van der Waals surface area contributed by atoms with Gasteiger partial charge in [0.25, 0.3) is 0 Å². The summed E-state index contributed by atoms with van der Waals surface area (Å²) in [6, 6.07) is 75.3. The molecular weight excluding hydrogens is 701 g/mol. The third-order valence-corrected chi connectivity index (χ3v) is 11.9. The summed E-state index contributed by atoms with van der Waals surface area (Å²) in [5.74, 6) is 0. The number of rotatable bonds is 7. The van der Waals surface area contributed by atoms with Gasteiger partial charge in [0.15, 0.2) is 0 Å². The molecule has 0 radical (unpaired) electrons. The molecule has 2 heteroatoms. The number of anilines is 2. The summed E-state index contributed by atoms with van der Waals surface area (Å²) >= 11 is 0. The van der Waals surface area contributed by atoms with Crippen LogP contribution < -0.4 is 4.90 Å². The Morgan fingerprint density at radius 2 is 1.10 bits per heavy atom. The van der Waals surface area contributed by atoms with Gasteiger partial charge < -0.3 is 9.47 Å². The van der Waals surface area contributed by atoms with E-state index in [1.165, 1.54) is 88.1 Å². The van der Waals surface area contributed by atoms with Crippen molar-refractivity contribution in [2.45, 2.75) is 12.5 Å². The average molecular weight is 741 g/mol. The molecule has 0 saturated carbocycles. The van der Waals surface area contributed by atoms with Gasteiger partial charge in [-0.15, -0.1) is 0 Å². The molecule has 1 heterocycles. The summed E-state index contributed by atoms with van der Waals surface area (Å²) in [4.78, 5) is 2.53. The normalized spacial score (nSPS) is 14.0. The van der Waals surface area contributed by atoms with Crippen LogP contribution in [0.15, 0.2) is 224 Å². The van der Waals surface area contributed by atoms with Crippen LogP contribution in [0.5, 0.6) is 0 Å². The maximum absolute atomic E-state index is 2.53. The van der Waals surface area contributed by atoms with Gasteiger partial charge in [-0.05, 0) is 98.4 Å². The van der Waals surface area contributed by atoms with Crippen LogP contribution in [-0.4, -0.2) is 10.6 Å². The zero-order valence-corrected chi connectivity index (χ0v) is 32.0. The second kappa shape index (κ2) is 14.3. The van der Waals surface area contributed by atoms with Crippen molar-refractivity contribution in [2.75, 3.05) is 4.90 Å². The lowest BCUT2D eigenvalue weighted by Crippen LogP contribution is -2.30. The Morgan fingerprint density at radius 1 is 0.448 bits per heavy atom. The molecule has 9 aromatic carbocycles. The van der Waals surface area contributed by atoms with Crippen LogP contribution in [0.4, 0.5) is 11.4 Å². The van der Waals surface area contributed by atoms with E-state index in [0.717, 1.165) is 12.1 Å². The molecule has 0 aliphatic heterocycles. The zero-order valence-electron chi connectivity index (χ0n) is 32.0. The number of benzene rings is 9. The molecule has 1 aromatic heterocycles. The second-order valence-corrected chi connectivity index (χ2v) is 15.3. The summed E-state index contributed by atoms with van der Waals surface area (Å²) in [5.41, 5.74) is 13.4. The average Bonchev–Trinajstić information content (AvgIpc) is 3.65. The molecule has 0 spiro atoms. The third kappa shape index (κ3) is 5.90. The van der Waals surface area contributed by atoms with Gasteiger partial charge in [0.2, 0.25) is 0 Å². The van der Waals surface area contributed by atoms with E-state index in [1.54, 1.807) is 0 Å². The predicted octanol–water partition coefficient (Wildman–Crippen LogP) is 15.0. The molecule has 1 unspecified atom stereocenters. The van der Waals surface area contributed by atoms with Crippen molar-refractivity contribution in [3.63, 3.8) is 0 Å². The summed E-state index contributed by atoms with van der Waals surface area (Å²) in [5, 5.41) is 7.51. The van der Waals surface area contributed by atoms with Gasteiger partial charge in [-0.25, -0.2) is 0 Å². The monoisotopic (exact) mass is 740 g/mol. The molecule has 58 heavy (non-hydrogen) atoms. The van der Waals surface area contributed by atoms with Gasteiger partial charge in [-0.2, -0.15) is 0 Å². The van der Waals surface area contributed by atoms with E-state index >= 15 is 0 Å². The fraction of sp³-hybridized carbons (Fsp3) is 0.0357. The third-order valence-electron chi connectivity index (χ3n) is 11.9. The maximum atomic E-state index is 2.53. The van der Waals surface area contributed by atoms with Crippen molar-refractivity contribution in [2.24, 2.45) is 0 Å². The molecule has 2 nitrogen and oxygen atoms in total. The Bertz CT molecular complexity index is 3190. The summed E-state index contributed by atoms with van der Waals surface area (Å²) in [7, 11) is 0. The van der Waals surface area contributed by atoms with Crippen LogP contribution in [-0.2, 0) is 0 Å². The Hall–Kier alpha value is -7.42. The smallest absolute Gasteiger partial charge is 0.0619 e. The quantitative estimate of drug-likeness (QED) is 0.158. The van der Waals surface area contributed by atoms with Crippen LogP contribution in [0, 0.1) is 0 Å². The number of hydrogen-bond acceptors (Lipinski definition) is 1. The first-order chi connectivity index (χ1) is 28.8. The highest BCUT2D eigenvalue weighted by Crippen LogP contribution is 2.43. The largest absolute Gasteiger partial charge is 0.334 e. The summed E-state index contributed by atoms with van der Waals surface area (Å²) in [6.45, 7) is 0. The first-order valence-corrected chi connectivity index (χ1v) is 20.2. The van der Waals surface area contributed by atoms with Crippen LogP contribution in [0.25, 0.3) is 76.9 Å². The van der Waals surface area contributed by atoms with Crippen molar-refractivity contribution >= 4 is 60.3 Å². The van der Waals surface area contributed by atoms with E-state index < -0.39 is 0 Å². The highest BCUT2D eigenvalue weighted by atomic mass is 15.2. The Balaban J connectivity index is 1.03. The fourth-order valence-electron chi connectivity index (χ4n) is 9.10. The lowest BCUT2D eigenvalue weighted by molar-refractivity contribution is 0.787. The molecule has 0 amide bonds. The molecule has 10 aromatic rings. The standard InChI is InChI=1S/C56H40N2/c1-3-13-39(14-4-1)41-25-27-42(28-26-41)43-29-33-48(34-30-43)57(50-35-31-40-15-7-8-17-45(40)37-50)49-21-11-18-46(38-49)51-23-12-24-54-55(51)53-36-32-44-16-9-10-22-52(44)56(53)58(54)47-19-5-2-6-20-47/h1-33,35-38,48H,34H2. The Kier molecular flexibility index (Phi) is 8.33. The highest BCUT2D eigenvalue weighted by Gasteiger charge is 2.23. The highest BCUT2D eigenvalue weighted by molar-refractivity contribution is 6.22. The molecular formula is C56H40N2. The first kappa shape index (κ1) is 33.9. The van der Waals surface area contributed by atoms with E-state index in [1.807, 2.05) is 0 Å². The van der Waals surface area contributed by atoms with Gasteiger partial charge in [-0.3, -0.25) is 0 Å². The van der Waals surface area contributed by atoms with Gasteiger partial charge >= 0.3 is 0 Å². The number of aromatic nitrogens is 1. The van der Waals surface area contributed by atoms with E-state index in [0.29, 0.717) is 0 Å². The lowest BCUT2D eigenvalue weighted by Gasteiger charge is -2.34. The molecule has 1 atom stereocenters. The molecule has 0 N–H and O–H groups in total. The predicted molar refractivity (Wildman–Crippen MR) is 247 cm³/mol. The molecule has 0 fully saturated rings. The fourth-order valence-corrected chi connectivity index (χ4v) is 9.10. The van der Waals surface area contributed by atoms with Gasteiger partial charge in [-0.1, -0.05) is 182 Å². The van der Waals surface area contributed by atoms with Crippen molar-refractivity contribution in [3.8, 4) is 27.9 Å². The van der Waals surface area contributed by atoms with Gasteiger partial charge in [0, 0.05) is 33.2 Å². The molecule has 1 aliphatic carbocycles. The molecule has 0 saturated heterocycles. The van der Waals surface area contributed by atoms with Crippen LogP contribution in [0.3, 0.4) is 0 Å². The number of para-hydroxylation sites is 1. The minimum absolute atomic E-state index is 0.130.